The lowest BCUT2D eigenvalue weighted by molar-refractivity contribution is -0.140. The highest BCUT2D eigenvalue weighted by molar-refractivity contribution is 14.0. The number of halogens is 1. The van der Waals surface area contributed by atoms with Gasteiger partial charge in [-0.1, -0.05) is 37.8 Å². The van der Waals surface area contributed by atoms with Crippen LogP contribution in [-0.2, 0) is 14.3 Å². The van der Waals surface area contributed by atoms with E-state index in [0.717, 1.165) is 44.9 Å². The van der Waals surface area contributed by atoms with Crippen LogP contribution in [0, 0.1) is 23.7 Å². The number of imide groups is 1. The Bertz CT molecular complexity index is 690. The van der Waals surface area contributed by atoms with Crippen molar-refractivity contribution in [3.8, 4) is 0 Å². The number of ether oxygens (including phenoxy) is 1. The smallest absolute Gasteiger partial charge is 0.233 e. The van der Waals surface area contributed by atoms with Gasteiger partial charge in [0, 0.05) is 32.8 Å². The number of carbonyl (C=O) groups excluding carboxylic acids is 2. The Balaban J connectivity index is 0.00000306. The Kier molecular flexibility index (Phi) is 10.5. The van der Waals surface area contributed by atoms with Gasteiger partial charge in [-0.25, -0.2) is 0 Å². The van der Waals surface area contributed by atoms with Crippen molar-refractivity contribution in [2.24, 2.45) is 28.7 Å². The number of unbranched alkanes of at least 4 members (excludes halogenated alkanes) is 1. The Morgan fingerprint density at radius 2 is 1.70 bits per heavy atom. The first-order valence-electron chi connectivity index (χ1n) is 12.9. The molecule has 8 heteroatoms. The number of nitrogens with one attached hydrogen (secondary N) is 2. The third kappa shape index (κ3) is 6.50. The number of allylic oxidation sites excluding steroid dienone is 2. The van der Waals surface area contributed by atoms with Gasteiger partial charge in [-0.15, -0.1) is 24.0 Å². The summed E-state index contributed by atoms with van der Waals surface area (Å²) in [5.74, 6) is 1.11. The average Bonchev–Trinajstić information content (AvgIpc) is 3.39. The number of carbonyl (C=O) groups is 2. The molecule has 1 heterocycles. The Morgan fingerprint density at radius 3 is 2.33 bits per heavy atom. The van der Waals surface area contributed by atoms with Gasteiger partial charge in [-0.2, -0.15) is 0 Å². The normalized spacial score (nSPS) is 29.2. The van der Waals surface area contributed by atoms with E-state index < -0.39 is 0 Å². The third-order valence-electron chi connectivity index (χ3n) is 7.51. The van der Waals surface area contributed by atoms with Crippen LogP contribution < -0.4 is 10.6 Å². The van der Waals surface area contributed by atoms with E-state index in [1.165, 1.54) is 43.4 Å². The van der Waals surface area contributed by atoms with E-state index in [2.05, 4.69) is 27.8 Å². The van der Waals surface area contributed by atoms with E-state index in [0.29, 0.717) is 19.2 Å². The van der Waals surface area contributed by atoms with Gasteiger partial charge in [-0.3, -0.25) is 19.5 Å². The molecule has 0 aromatic heterocycles. The number of hydrogen-bond acceptors (Lipinski definition) is 4. The fraction of sp³-hybridized carbons (Fsp3) is 0.800. The molecule has 0 radical (unpaired) electrons. The Hall–Kier alpha value is -1.16. The molecule has 2 amide bonds. The highest BCUT2D eigenvalue weighted by atomic mass is 127. The van der Waals surface area contributed by atoms with Gasteiger partial charge in [0.1, 0.15) is 0 Å². The third-order valence-corrected chi connectivity index (χ3v) is 7.51. The zero-order chi connectivity index (χ0) is 22.3. The first-order chi connectivity index (χ1) is 15.7. The van der Waals surface area contributed by atoms with Crippen LogP contribution in [0.3, 0.4) is 0 Å². The second-order valence-electron chi connectivity index (χ2n) is 9.71. The molecule has 2 bridgehead atoms. The summed E-state index contributed by atoms with van der Waals surface area (Å²) in [5, 5.41) is 6.54. The lowest BCUT2D eigenvalue weighted by Crippen LogP contribution is -2.43. The van der Waals surface area contributed by atoms with E-state index in [9.17, 15) is 9.59 Å². The maximum absolute atomic E-state index is 12.8. The number of nitrogens with zero attached hydrogens (tertiary/aromatic N) is 2. The number of fused-ring (bicyclic) bond motifs is 5. The van der Waals surface area contributed by atoms with Crippen molar-refractivity contribution in [1.82, 2.24) is 15.5 Å². The van der Waals surface area contributed by atoms with Crippen molar-refractivity contribution >= 4 is 41.8 Å². The maximum atomic E-state index is 12.8. The number of likely N-dealkylation sites (tertiary alicyclic amines) is 1. The van der Waals surface area contributed by atoms with Gasteiger partial charge in [0.05, 0.1) is 17.9 Å². The molecular formula is C25H41IN4O3. The minimum absolute atomic E-state index is 0. The molecule has 2 saturated carbocycles. The molecule has 2 N–H and O–H groups in total. The summed E-state index contributed by atoms with van der Waals surface area (Å²) >= 11 is 0. The molecule has 1 aliphatic heterocycles. The van der Waals surface area contributed by atoms with Crippen LogP contribution in [0.1, 0.15) is 64.7 Å². The van der Waals surface area contributed by atoms with Gasteiger partial charge in [0.2, 0.25) is 11.8 Å². The van der Waals surface area contributed by atoms with E-state index >= 15 is 0 Å². The van der Waals surface area contributed by atoms with Crippen molar-refractivity contribution in [2.75, 3.05) is 32.8 Å². The molecule has 0 aromatic carbocycles. The molecule has 4 aliphatic rings. The molecular weight excluding hydrogens is 531 g/mol. The first-order valence-corrected chi connectivity index (χ1v) is 12.9. The molecule has 33 heavy (non-hydrogen) atoms. The summed E-state index contributed by atoms with van der Waals surface area (Å²) in [6.07, 6.45) is 15.5. The van der Waals surface area contributed by atoms with E-state index in [1.807, 2.05) is 6.92 Å². The van der Waals surface area contributed by atoms with Crippen LogP contribution in [0.25, 0.3) is 0 Å². The van der Waals surface area contributed by atoms with Gasteiger partial charge >= 0.3 is 0 Å². The SMILES string of the molecule is CCNC(=NCCCCOC1CCCCCC1)NCCN1C(=O)C2C3C=CC(C3)C2C1=O.I. The fourth-order valence-electron chi connectivity index (χ4n) is 5.88. The van der Waals surface area contributed by atoms with Crippen LogP contribution in [0.4, 0.5) is 0 Å². The summed E-state index contributed by atoms with van der Waals surface area (Å²) < 4.78 is 6.06. The largest absolute Gasteiger partial charge is 0.378 e. The molecule has 0 aromatic rings. The van der Waals surface area contributed by atoms with Crippen LogP contribution >= 0.6 is 24.0 Å². The summed E-state index contributed by atoms with van der Waals surface area (Å²) in [6.45, 7) is 5.30. The van der Waals surface area contributed by atoms with Crippen LogP contribution in [0.15, 0.2) is 17.1 Å². The zero-order valence-electron chi connectivity index (χ0n) is 20.0. The average molecular weight is 573 g/mol. The predicted molar refractivity (Wildman–Crippen MR) is 141 cm³/mol. The van der Waals surface area contributed by atoms with E-state index in [1.54, 1.807) is 0 Å². The molecule has 4 atom stereocenters. The Morgan fingerprint density at radius 1 is 1.03 bits per heavy atom. The quantitative estimate of drug-likeness (QED) is 0.0797. The second kappa shape index (κ2) is 13.1. The molecule has 4 unspecified atom stereocenters. The van der Waals surface area contributed by atoms with E-state index in [-0.39, 0.29) is 59.5 Å². The number of amides is 2. The number of hydrogen-bond donors (Lipinski definition) is 2. The van der Waals surface area contributed by atoms with Crippen LogP contribution in [-0.4, -0.2) is 61.6 Å². The van der Waals surface area contributed by atoms with Crippen molar-refractivity contribution in [2.45, 2.75) is 70.8 Å². The van der Waals surface area contributed by atoms with Crippen LogP contribution in [0.5, 0.6) is 0 Å². The van der Waals surface area contributed by atoms with Crippen LogP contribution in [0.2, 0.25) is 0 Å². The summed E-state index contributed by atoms with van der Waals surface area (Å²) in [6, 6.07) is 0. The molecule has 4 rings (SSSR count). The topological polar surface area (TPSA) is 83.0 Å². The fourth-order valence-corrected chi connectivity index (χ4v) is 5.88. The van der Waals surface area contributed by atoms with E-state index in [4.69, 9.17) is 4.74 Å². The molecule has 7 nitrogen and oxygen atoms in total. The highest BCUT2D eigenvalue weighted by Crippen LogP contribution is 2.52. The second-order valence-corrected chi connectivity index (χ2v) is 9.71. The molecule has 3 fully saturated rings. The zero-order valence-corrected chi connectivity index (χ0v) is 22.3. The van der Waals surface area contributed by atoms with Gasteiger partial charge in [0.15, 0.2) is 5.96 Å². The van der Waals surface area contributed by atoms with Crippen molar-refractivity contribution in [1.29, 1.82) is 0 Å². The lowest BCUT2D eigenvalue weighted by Gasteiger charge is -2.18. The lowest BCUT2D eigenvalue weighted by atomic mass is 9.85. The number of rotatable bonds is 10. The number of aliphatic imine (C=N–C) groups is 1. The first kappa shape index (κ1) is 26.4. The van der Waals surface area contributed by atoms with Gasteiger partial charge < -0.3 is 15.4 Å². The van der Waals surface area contributed by atoms with Gasteiger partial charge in [-0.05, 0) is 50.9 Å². The van der Waals surface area contributed by atoms with Gasteiger partial charge in [0.25, 0.3) is 0 Å². The summed E-state index contributed by atoms with van der Waals surface area (Å²) in [7, 11) is 0. The molecule has 186 valence electrons. The van der Waals surface area contributed by atoms with Crippen molar-refractivity contribution < 1.29 is 14.3 Å². The minimum Gasteiger partial charge on any atom is -0.378 e. The standard InChI is InChI=1S/C25H40N4O3.HI/c1-2-26-25(27-13-7-8-16-32-20-9-5-3-4-6-10-20)28-14-15-29-23(30)21-18-11-12-19(17-18)22(21)24(29)31;/h11-12,18-22H,2-10,13-17H2,1H3,(H2,26,27,28);1H. The Labute approximate surface area is 215 Å². The highest BCUT2D eigenvalue weighted by Gasteiger charge is 2.58. The summed E-state index contributed by atoms with van der Waals surface area (Å²) in [4.78, 5) is 31.7. The van der Waals surface area contributed by atoms with Crippen molar-refractivity contribution in [3.05, 3.63) is 12.2 Å². The molecule has 3 aliphatic carbocycles. The monoisotopic (exact) mass is 572 g/mol. The summed E-state index contributed by atoms with van der Waals surface area (Å²) in [5.41, 5.74) is 0. The molecule has 1 saturated heterocycles. The predicted octanol–water partition coefficient (Wildman–Crippen LogP) is 3.49. The maximum Gasteiger partial charge on any atom is 0.233 e. The number of guanidine groups is 1. The minimum atomic E-state index is -0.111. The van der Waals surface area contributed by atoms with Crippen molar-refractivity contribution in [3.63, 3.8) is 0 Å². The molecule has 0 spiro atoms.